The van der Waals surface area contributed by atoms with Crippen molar-refractivity contribution in [1.29, 1.82) is 0 Å². The molecule has 0 spiro atoms. The highest BCUT2D eigenvalue weighted by molar-refractivity contribution is 6.74. The van der Waals surface area contributed by atoms with Gasteiger partial charge in [-0.1, -0.05) is 55.4 Å². The average molecular weight is 553 g/mol. The zero-order valence-corrected chi connectivity index (χ0v) is 28.5. The highest BCUT2D eigenvalue weighted by atomic mass is 28.4. The van der Waals surface area contributed by atoms with Gasteiger partial charge in [-0.3, -0.25) is 0 Å². The largest absolute Gasteiger partial charge is 0.501 e. The van der Waals surface area contributed by atoms with Gasteiger partial charge in [0, 0.05) is 0 Å². The topological polar surface area (TPSA) is 57.2 Å². The van der Waals surface area contributed by atoms with Crippen molar-refractivity contribution >= 4 is 16.6 Å². The monoisotopic (exact) mass is 552 g/mol. The van der Waals surface area contributed by atoms with Crippen molar-refractivity contribution in [3.8, 4) is 0 Å². The molecule has 1 N–H and O–H groups in total. The lowest BCUT2D eigenvalue weighted by Crippen LogP contribution is -2.60. The molecule has 0 aromatic rings. The second-order valence-electron chi connectivity index (χ2n) is 15.7. The van der Waals surface area contributed by atoms with Gasteiger partial charge in [-0.05, 0) is 85.9 Å². The molecule has 2 bridgehead atoms. The molecule has 1 fully saturated rings. The molecule has 0 aromatic carbocycles. The maximum Gasteiger partial charge on any atom is 0.193 e. The zero-order valence-electron chi connectivity index (χ0n) is 26.5. The molecule has 0 radical (unpaired) electrons. The maximum atomic E-state index is 12.4. The van der Waals surface area contributed by atoms with E-state index < -0.39 is 22.2 Å². The van der Waals surface area contributed by atoms with Crippen molar-refractivity contribution in [2.75, 3.05) is 7.11 Å². The predicted octanol–water partition coefficient (Wildman–Crippen LogP) is 7.79. The van der Waals surface area contributed by atoms with Crippen molar-refractivity contribution in [2.45, 2.75) is 142 Å². The minimum absolute atomic E-state index is 0.0535. The summed E-state index contributed by atoms with van der Waals surface area (Å²) in [7, 11) is -2.50. The molecule has 4 aliphatic rings. The van der Waals surface area contributed by atoms with Crippen LogP contribution >= 0.6 is 0 Å². The number of aliphatic hydroxyl groups is 1. The third kappa shape index (κ3) is 5.41. The van der Waals surface area contributed by atoms with E-state index in [-0.39, 0.29) is 45.6 Å². The first-order valence-corrected chi connectivity index (χ1v) is 20.0. The van der Waals surface area contributed by atoms with Crippen LogP contribution in [0, 0.1) is 17.3 Å². The third-order valence-corrected chi connectivity index (χ3v) is 19.5. The Kier molecular flexibility index (Phi) is 7.94. The van der Waals surface area contributed by atoms with E-state index in [0.29, 0.717) is 12.2 Å². The summed E-state index contributed by atoms with van der Waals surface area (Å²) in [5, 5.41) is 12.5. The second kappa shape index (κ2) is 9.50. The zero-order chi connectivity index (χ0) is 28.6. The second-order valence-corrected chi connectivity index (χ2v) is 25.2. The van der Waals surface area contributed by atoms with Crippen molar-refractivity contribution in [2.24, 2.45) is 17.3 Å². The van der Waals surface area contributed by atoms with Gasteiger partial charge in [0.15, 0.2) is 16.6 Å². The van der Waals surface area contributed by atoms with Gasteiger partial charge in [0.25, 0.3) is 0 Å². The SMILES string of the molecule is COC1=C(C)[C@H]2C[C@](O)(C3=C[C@H](O[Si](C)(C)C(C)(C)C)[C@@H](O[Si](C)(C)C(C)(C)C)[C@H](C)O3)[C@H]1CC2(C)C. The van der Waals surface area contributed by atoms with Gasteiger partial charge >= 0.3 is 0 Å². The standard InChI is InChI=1S/C30H56O5Si2/c1-19-21-18-30(31,22(25(19)32-11)17-29(21,9)10)24-16-23(34-36(12,13)27(3,4)5)26(20(2)33-24)35-37(14,15)28(6,7)8/h16,20-23,26,31H,17-18H2,1-15H3/t20-,21+,22-,23-,26-,30+/m0/s1. The predicted molar refractivity (Wildman–Crippen MR) is 157 cm³/mol. The minimum atomic E-state index is -2.14. The molecule has 0 saturated heterocycles. The Morgan fingerprint density at radius 3 is 1.92 bits per heavy atom. The van der Waals surface area contributed by atoms with Crippen molar-refractivity contribution in [3.05, 3.63) is 23.2 Å². The Bertz CT molecular complexity index is 937. The molecule has 7 heteroatoms. The van der Waals surface area contributed by atoms with E-state index in [1.165, 1.54) is 5.57 Å². The average Bonchev–Trinajstić information content (AvgIpc) is 2.70. The quantitative estimate of drug-likeness (QED) is 0.341. The Morgan fingerprint density at radius 2 is 1.43 bits per heavy atom. The first kappa shape index (κ1) is 30.9. The van der Waals surface area contributed by atoms with Crippen LogP contribution in [0.2, 0.25) is 36.3 Å². The Balaban J connectivity index is 2.08. The summed E-state index contributed by atoms with van der Waals surface area (Å²) in [6.07, 6.45) is 2.84. The van der Waals surface area contributed by atoms with Crippen LogP contribution in [0.15, 0.2) is 23.2 Å². The fourth-order valence-electron chi connectivity index (χ4n) is 6.00. The molecule has 4 rings (SSSR count). The molecule has 1 saturated carbocycles. The summed E-state index contributed by atoms with van der Waals surface area (Å²) in [5.74, 6) is 1.67. The highest BCUT2D eigenvalue weighted by Crippen LogP contribution is 2.61. The summed E-state index contributed by atoms with van der Waals surface area (Å²) in [5.41, 5.74) is 0.261. The number of fused-ring (bicyclic) bond motifs is 2. The molecule has 0 amide bonds. The van der Waals surface area contributed by atoms with Crippen LogP contribution < -0.4 is 0 Å². The van der Waals surface area contributed by atoms with Crippen LogP contribution in [0.5, 0.6) is 0 Å². The number of hydrogen-bond acceptors (Lipinski definition) is 5. The van der Waals surface area contributed by atoms with E-state index in [2.05, 4.69) is 102 Å². The maximum absolute atomic E-state index is 12.4. The number of hydrogen-bond donors (Lipinski definition) is 1. The van der Waals surface area contributed by atoms with E-state index in [0.717, 1.165) is 12.2 Å². The molecule has 5 nitrogen and oxygen atoms in total. The van der Waals surface area contributed by atoms with Gasteiger partial charge in [-0.15, -0.1) is 0 Å². The number of rotatable bonds is 6. The fourth-order valence-corrected chi connectivity index (χ4v) is 8.60. The molecule has 0 aromatic heterocycles. The molecule has 0 unspecified atom stereocenters. The van der Waals surface area contributed by atoms with Crippen LogP contribution in [0.3, 0.4) is 0 Å². The van der Waals surface area contributed by atoms with Gasteiger partial charge in [-0.25, -0.2) is 0 Å². The van der Waals surface area contributed by atoms with Gasteiger partial charge in [0.1, 0.15) is 29.3 Å². The number of allylic oxidation sites excluding steroid dienone is 1. The normalized spacial score (nSPS) is 34.8. The highest BCUT2D eigenvalue weighted by Gasteiger charge is 2.61. The Hall–Kier alpha value is -0.606. The van der Waals surface area contributed by atoms with Crippen molar-refractivity contribution in [3.63, 3.8) is 0 Å². The van der Waals surface area contributed by atoms with Crippen molar-refractivity contribution < 1.29 is 23.4 Å². The first-order chi connectivity index (χ1) is 16.5. The first-order valence-electron chi connectivity index (χ1n) is 14.2. The number of methoxy groups -OCH3 is 1. The molecule has 1 aliphatic heterocycles. The molecular formula is C30H56O5Si2. The van der Waals surface area contributed by atoms with Crippen LogP contribution in [-0.2, 0) is 18.3 Å². The van der Waals surface area contributed by atoms with Crippen LogP contribution in [0.4, 0.5) is 0 Å². The van der Waals surface area contributed by atoms with Gasteiger partial charge in [0.2, 0.25) is 0 Å². The van der Waals surface area contributed by atoms with Gasteiger partial charge in [0.05, 0.1) is 19.1 Å². The van der Waals surface area contributed by atoms with E-state index in [4.69, 9.17) is 18.3 Å². The lowest BCUT2D eigenvalue weighted by molar-refractivity contribution is -0.145. The minimum Gasteiger partial charge on any atom is -0.501 e. The fraction of sp³-hybridized carbons (Fsp3) is 0.867. The van der Waals surface area contributed by atoms with Crippen molar-refractivity contribution in [1.82, 2.24) is 0 Å². The Labute approximate surface area is 229 Å². The molecule has 214 valence electrons. The lowest BCUT2D eigenvalue weighted by atomic mass is 9.51. The van der Waals surface area contributed by atoms with Crippen LogP contribution in [-0.4, -0.2) is 52.8 Å². The smallest absolute Gasteiger partial charge is 0.193 e. The van der Waals surface area contributed by atoms with E-state index in [1.54, 1.807) is 7.11 Å². The van der Waals surface area contributed by atoms with Gasteiger partial charge < -0.3 is 23.4 Å². The molecular weight excluding hydrogens is 496 g/mol. The molecule has 3 aliphatic carbocycles. The van der Waals surface area contributed by atoms with E-state index in [9.17, 15) is 5.11 Å². The van der Waals surface area contributed by atoms with E-state index >= 15 is 0 Å². The van der Waals surface area contributed by atoms with Crippen LogP contribution in [0.25, 0.3) is 0 Å². The number of ether oxygens (including phenoxy) is 2. The van der Waals surface area contributed by atoms with Gasteiger partial charge in [-0.2, -0.15) is 0 Å². The molecule has 1 heterocycles. The summed E-state index contributed by atoms with van der Waals surface area (Å²) in [6, 6.07) is 0. The summed E-state index contributed by atoms with van der Waals surface area (Å²) >= 11 is 0. The van der Waals surface area contributed by atoms with E-state index in [1.807, 2.05) is 0 Å². The summed E-state index contributed by atoms with van der Waals surface area (Å²) < 4.78 is 26.6. The molecule has 6 atom stereocenters. The van der Waals surface area contributed by atoms with Crippen LogP contribution in [0.1, 0.15) is 82.1 Å². The summed E-state index contributed by atoms with van der Waals surface area (Å²) in [6.45, 7) is 31.6. The lowest BCUT2D eigenvalue weighted by Gasteiger charge is -2.57. The third-order valence-electron chi connectivity index (χ3n) is 10.5. The summed E-state index contributed by atoms with van der Waals surface area (Å²) in [4.78, 5) is 0. The molecule has 37 heavy (non-hydrogen) atoms. The Morgan fingerprint density at radius 1 is 0.919 bits per heavy atom.